The summed E-state index contributed by atoms with van der Waals surface area (Å²) in [6.07, 6.45) is 3.78. The van der Waals surface area contributed by atoms with Crippen LogP contribution in [0, 0.1) is 0 Å². The van der Waals surface area contributed by atoms with Crippen LogP contribution in [0.5, 0.6) is 0 Å². The van der Waals surface area contributed by atoms with Gasteiger partial charge in [-0.25, -0.2) is 4.79 Å². The lowest BCUT2D eigenvalue weighted by atomic mass is 10.1. The summed E-state index contributed by atoms with van der Waals surface area (Å²) < 4.78 is 0. The SMILES string of the molecule is C/C=C\c1cccc(NC(=O)Nc2ccc3c(c2)N(Cc2ccccc2)C(=O)CS3)c1N. The summed E-state index contributed by atoms with van der Waals surface area (Å²) in [6, 6.07) is 20.5. The summed E-state index contributed by atoms with van der Waals surface area (Å²) in [5.74, 6) is 0.441. The number of hydrogen-bond donors (Lipinski definition) is 3. The summed E-state index contributed by atoms with van der Waals surface area (Å²) in [4.78, 5) is 28.0. The fraction of sp³-hybridized carbons (Fsp3) is 0.120. The Bertz CT molecular complexity index is 1180. The molecule has 3 aromatic rings. The Hall–Kier alpha value is -3.71. The second-order valence-corrected chi connectivity index (χ2v) is 8.34. The van der Waals surface area contributed by atoms with Gasteiger partial charge in [-0.2, -0.15) is 0 Å². The van der Waals surface area contributed by atoms with Crippen molar-refractivity contribution in [2.24, 2.45) is 0 Å². The van der Waals surface area contributed by atoms with Gasteiger partial charge in [-0.05, 0) is 42.3 Å². The van der Waals surface area contributed by atoms with Crippen molar-refractivity contribution in [3.63, 3.8) is 0 Å². The third kappa shape index (κ3) is 4.78. The van der Waals surface area contributed by atoms with Gasteiger partial charge < -0.3 is 21.3 Å². The molecule has 0 spiro atoms. The summed E-state index contributed by atoms with van der Waals surface area (Å²) in [6.45, 7) is 2.39. The first-order chi connectivity index (χ1) is 15.5. The zero-order chi connectivity index (χ0) is 22.5. The molecular weight excluding hydrogens is 420 g/mol. The number of nitrogens with two attached hydrogens (primary N) is 1. The molecule has 0 saturated heterocycles. The maximum atomic E-state index is 12.6. The van der Waals surface area contributed by atoms with E-state index in [-0.39, 0.29) is 5.91 Å². The second-order valence-electron chi connectivity index (χ2n) is 7.32. The van der Waals surface area contributed by atoms with Gasteiger partial charge in [0.25, 0.3) is 0 Å². The molecule has 4 rings (SSSR count). The van der Waals surface area contributed by atoms with Crippen molar-refractivity contribution in [3.8, 4) is 0 Å². The molecule has 6 nitrogen and oxygen atoms in total. The third-order valence-corrected chi connectivity index (χ3v) is 6.13. The molecule has 0 radical (unpaired) electrons. The lowest BCUT2D eigenvalue weighted by Gasteiger charge is -2.29. The van der Waals surface area contributed by atoms with Gasteiger partial charge in [0.05, 0.1) is 29.4 Å². The van der Waals surface area contributed by atoms with Crippen LogP contribution in [0.3, 0.4) is 0 Å². The van der Waals surface area contributed by atoms with E-state index in [4.69, 9.17) is 5.73 Å². The summed E-state index contributed by atoms with van der Waals surface area (Å²) in [5, 5.41) is 5.65. The van der Waals surface area contributed by atoms with E-state index < -0.39 is 6.03 Å². The van der Waals surface area contributed by atoms with Gasteiger partial charge in [0.15, 0.2) is 0 Å². The van der Waals surface area contributed by atoms with Crippen molar-refractivity contribution < 1.29 is 9.59 Å². The maximum absolute atomic E-state index is 12.6. The number of allylic oxidation sites excluding steroid dienone is 1. The average molecular weight is 445 g/mol. The van der Waals surface area contributed by atoms with Gasteiger partial charge in [-0.1, -0.05) is 54.6 Å². The molecule has 0 bridgehead atoms. The van der Waals surface area contributed by atoms with Crippen LogP contribution in [0.4, 0.5) is 27.5 Å². The minimum atomic E-state index is -0.404. The van der Waals surface area contributed by atoms with Crippen LogP contribution in [0.25, 0.3) is 6.08 Å². The molecule has 3 amide bonds. The predicted octanol–water partition coefficient (Wildman–Crippen LogP) is 5.58. The number of anilines is 4. The van der Waals surface area contributed by atoms with Crippen molar-refractivity contribution in [1.82, 2.24) is 0 Å². The van der Waals surface area contributed by atoms with Crippen LogP contribution in [-0.4, -0.2) is 17.7 Å². The van der Waals surface area contributed by atoms with E-state index in [9.17, 15) is 9.59 Å². The second kappa shape index (κ2) is 9.62. The van der Waals surface area contributed by atoms with Gasteiger partial charge in [0.1, 0.15) is 0 Å². The lowest BCUT2D eigenvalue weighted by Crippen LogP contribution is -2.34. The molecule has 4 N–H and O–H groups in total. The molecule has 162 valence electrons. The van der Waals surface area contributed by atoms with E-state index in [1.54, 1.807) is 11.0 Å². The highest BCUT2D eigenvalue weighted by Crippen LogP contribution is 2.38. The van der Waals surface area contributed by atoms with E-state index >= 15 is 0 Å². The number of urea groups is 1. The normalized spacial score (nSPS) is 13.2. The Morgan fingerprint density at radius 1 is 1.09 bits per heavy atom. The first-order valence-electron chi connectivity index (χ1n) is 10.3. The molecule has 1 heterocycles. The van der Waals surface area contributed by atoms with E-state index in [0.717, 1.165) is 21.7 Å². The van der Waals surface area contributed by atoms with E-state index in [1.807, 2.05) is 79.7 Å². The van der Waals surface area contributed by atoms with Crippen LogP contribution in [0.2, 0.25) is 0 Å². The quantitative estimate of drug-likeness (QED) is 0.448. The van der Waals surface area contributed by atoms with Gasteiger partial charge in [-0.15, -0.1) is 11.8 Å². The number of thioether (sulfide) groups is 1. The number of amides is 3. The molecule has 0 aliphatic carbocycles. The maximum Gasteiger partial charge on any atom is 0.323 e. The zero-order valence-corrected chi connectivity index (χ0v) is 18.5. The molecule has 1 aliphatic heterocycles. The zero-order valence-electron chi connectivity index (χ0n) is 17.7. The first kappa shape index (κ1) is 21.5. The molecule has 0 atom stereocenters. The van der Waals surface area contributed by atoms with Crippen LogP contribution in [-0.2, 0) is 11.3 Å². The Morgan fingerprint density at radius 3 is 2.69 bits per heavy atom. The van der Waals surface area contributed by atoms with E-state index in [2.05, 4.69) is 10.6 Å². The smallest absolute Gasteiger partial charge is 0.323 e. The number of para-hydroxylation sites is 1. The number of rotatable bonds is 5. The first-order valence-corrected chi connectivity index (χ1v) is 11.2. The Morgan fingerprint density at radius 2 is 1.91 bits per heavy atom. The van der Waals surface area contributed by atoms with Gasteiger partial charge in [0, 0.05) is 10.6 Å². The Kier molecular flexibility index (Phi) is 6.47. The van der Waals surface area contributed by atoms with Gasteiger partial charge >= 0.3 is 6.03 Å². The minimum Gasteiger partial charge on any atom is -0.397 e. The molecule has 7 heteroatoms. The summed E-state index contributed by atoms with van der Waals surface area (Å²) in [5.41, 5.74) is 10.5. The van der Waals surface area contributed by atoms with Crippen LogP contribution in [0.1, 0.15) is 18.1 Å². The average Bonchev–Trinajstić information content (AvgIpc) is 2.79. The lowest BCUT2D eigenvalue weighted by molar-refractivity contribution is -0.116. The number of nitrogens with zero attached hydrogens (tertiary/aromatic N) is 1. The molecular formula is C25H24N4O2S. The monoisotopic (exact) mass is 444 g/mol. The van der Waals surface area contributed by atoms with E-state index in [0.29, 0.717) is 29.4 Å². The molecule has 0 fully saturated rings. The summed E-state index contributed by atoms with van der Waals surface area (Å²) in [7, 11) is 0. The van der Waals surface area contributed by atoms with Gasteiger partial charge in [0.2, 0.25) is 5.91 Å². The number of fused-ring (bicyclic) bond motifs is 1. The van der Waals surface area contributed by atoms with Crippen LogP contribution in [0.15, 0.2) is 77.7 Å². The fourth-order valence-electron chi connectivity index (χ4n) is 3.52. The highest BCUT2D eigenvalue weighted by atomic mass is 32.2. The topological polar surface area (TPSA) is 87.5 Å². The van der Waals surface area contributed by atoms with Gasteiger partial charge in [-0.3, -0.25) is 4.79 Å². The fourth-order valence-corrected chi connectivity index (χ4v) is 4.44. The number of hydrogen-bond acceptors (Lipinski definition) is 4. The number of carbonyl (C=O) groups is 2. The molecule has 0 saturated carbocycles. The van der Waals surface area contributed by atoms with Crippen molar-refractivity contribution in [2.75, 3.05) is 27.0 Å². The van der Waals surface area contributed by atoms with Crippen molar-refractivity contribution >= 4 is 52.5 Å². The van der Waals surface area contributed by atoms with Crippen molar-refractivity contribution in [1.29, 1.82) is 0 Å². The number of nitrogens with one attached hydrogen (secondary N) is 2. The number of carbonyl (C=O) groups excluding carboxylic acids is 2. The van der Waals surface area contributed by atoms with Crippen molar-refractivity contribution in [2.45, 2.75) is 18.4 Å². The standard InChI is InChI=1S/C25H24N4O2S/c1-2-7-18-10-6-11-20(24(18)26)28-25(31)27-19-12-13-22-21(14-19)29(23(30)16-32-22)15-17-8-4-3-5-9-17/h2-14H,15-16,26H2,1H3,(H2,27,28,31)/b7-2-. The molecule has 1 aliphatic rings. The highest BCUT2D eigenvalue weighted by Gasteiger charge is 2.25. The molecule has 3 aromatic carbocycles. The van der Waals surface area contributed by atoms with Crippen molar-refractivity contribution in [3.05, 3.63) is 83.9 Å². The molecule has 0 aromatic heterocycles. The minimum absolute atomic E-state index is 0.0431. The number of benzene rings is 3. The van der Waals surface area contributed by atoms with Crippen LogP contribution >= 0.6 is 11.8 Å². The highest BCUT2D eigenvalue weighted by molar-refractivity contribution is 8.00. The molecule has 32 heavy (non-hydrogen) atoms. The largest absolute Gasteiger partial charge is 0.397 e. The third-order valence-electron chi connectivity index (χ3n) is 5.08. The number of nitrogen functional groups attached to an aromatic ring is 1. The Labute approximate surface area is 191 Å². The summed E-state index contributed by atoms with van der Waals surface area (Å²) >= 11 is 1.51. The van der Waals surface area contributed by atoms with E-state index in [1.165, 1.54) is 11.8 Å². The molecule has 0 unspecified atom stereocenters. The Balaban J connectivity index is 1.53. The predicted molar refractivity (Wildman–Crippen MR) is 133 cm³/mol. The van der Waals surface area contributed by atoms with Crippen LogP contribution < -0.4 is 21.3 Å².